The van der Waals surface area contributed by atoms with E-state index in [-0.39, 0.29) is 19.1 Å². The van der Waals surface area contributed by atoms with Gasteiger partial charge in [-0.25, -0.2) is 13.6 Å². The Labute approximate surface area is 171 Å². The number of benzene rings is 3. The highest BCUT2D eigenvalue weighted by Gasteiger charge is 2.25. The van der Waals surface area contributed by atoms with Crippen molar-refractivity contribution in [3.8, 4) is 0 Å². The van der Waals surface area contributed by atoms with Gasteiger partial charge in [0, 0.05) is 34.0 Å². The van der Waals surface area contributed by atoms with Crippen molar-refractivity contribution in [2.45, 2.75) is 19.2 Å². The molecule has 4 aromatic rings. The zero-order valence-corrected chi connectivity index (χ0v) is 16.0. The summed E-state index contributed by atoms with van der Waals surface area (Å²) in [7, 11) is 0. The highest BCUT2D eigenvalue weighted by atomic mass is 19.1. The topological polar surface area (TPSA) is 57.5 Å². The second-order valence-corrected chi connectivity index (χ2v) is 7.56. The monoisotopic (exact) mass is 407 g/mol. The van der Waals surface area contributed by atoms with Gasteiger partial charge in [0.2, 0.25) is 0 Å². The lowest BCUT2D eigenvalue weighted by Gasteiger charge is -2.31. The second-order valence-electron chi connectivity index (χ2n) is 7.56. The molecule has 2 N–H and O–H groups in total. The van der Waals surface area contributed by atoms with Crippen LogP contribution in [0.5, 0.6) is 0 Å². The largest absolute Gasteiger partial charge is 0.389 e. The molecule has 3 aromatic carbocycles. The van der Waals surface area contributed by atoms with Crippen LogP contribution in [0.15, 0.2) is 60.7 Å². The average Bonchev–Trinajstić information content (AvgIpc) is 3.00. The second kappa shape index (κ2) is 7.11. The maximum absolute atomic E-state index is 13.8. The van der Waals surface area contributed by atoms with Crippen molar-refractivity contribution >= 4 is 33.5 Å². The van der Waals surface area contributed by atoms with Crippen molar-refractivity contribution < 1.29 is 18.7 Å². The molecule has 1 unspecified atom stereocenters. The number of aliphatic hydroxyl groups is 1. The van der Waals surface area contributed by atoms with E-state index < -0.39 is 17.7 Å². The van der Waals surface area contributed by atoms with Crippen molar-refractivity contribution in [2.75, 3.05) is 11.9 Å². The first-order valence-corrected chi connectivity index (χ1v) is 9.68. The summed E-state index contributed by atoms with van der Waals surface area (Å²) in [5.41, 5.74) is 3.15. The highest BCUT2D eigenvalue weighted by molar-refractivity contribution is 6.08. The molecule has 7 heteroatoms. The van der Waals surface area contributed by atoms with Crippen molar-refractivity contribution in [3.63, 3.8) is 0 Å². The number of urea groups is 1. The smallest absolute Gasteiger partial charge is 0.322 e. The molecule has 0 saturated carbocycles. The summed E-state index contributed by atoms with van der Waals surface area (Å²) in [6.07, 6.45) is -0.866. The van der Waals surface area contributed by atoms with Crippen LogP contribution in [0.3, 0.4) is 0 Å². The van der Waals surface area contributed by atoms with Crippen LogP contribution in [-0.2, 0) is 13.1 Å². The Morgan fingerprint density at radius 2 is 1.57 bits per heavy atom. The lowest BCUT2D eigenvalue weighted by molar-refractivity contribution is 0.109. The van der Waals surface area contributed by atoms with Gasteiger partial charge in [-0.1, -0.05) is 18.2 Å². The van der Waals surface area contributed by atoms with Gasteiger partial charge < -0.3 is 19.9 Å². The third-order valence-corrected chi connectivity index (χ3v) is 5.52. The molecular weight excluding hydrogens is 388 g/mol. The minimum absolute atomic E-state index is 0.129. The van der Waals surface area contributed by atoms with Crippen molar-refractivity contribution in [2.24, 2.45) is 0 Å². The zero-order valence-electron chi connectivity index (χ0n) is 16.0. The molecule has 2 heterocycles. The number of carbonyl (C=O) groups is 1. The van der Waals surface area contributed by atoms with E-state index in [0.29, 0.717) is 28.4 Å². The van der Waals surface area contributed by atoms with Crippen LogP contribution in [-0.4, -0.2) is 33.3 Å². The predicted octanol–water partition coefficient (Wildman–Crippen LogP) is 4.48. The first-order chi connectivity index (χ1) is 14.5. The summed E-state index contributed by atoms with van der Waals surface area (Å²) in [6.45, 7) is 0.717. The molecule has 1 atom stereocenters. The Kier molecular flexibility index (Phi) is 4.40. The summed E-state index contributed by atoms with van der Waals surface area (Å²) >= 11 is 0. The number of aromatic nitrogens is 1. The summed E-state index contributed by atoms with van der Waals surface area (Å²) in [5.74, 6) is -0.815. The third-order valence-electron chi connectivity index (χ3n) is 5.52. The predicted molar refractivity (Wildman–Crippen MR) is 111 cm³/mol. The van der Waals surface area contributed by atoms with Gasteiger partial charge in [-0.2, -0.15) is 0 Å². The number of halogens is 2. The number of nitrogens with one attached hydrogen (secondary N) is 1. The Balaban J connectivity index is 1.45. The van der Waals surface area contributed by atoms with Crippen molar-refractivity contribution in [1.29, 1.82) is 0 Å². The van der Waals surface area contributed by atoms with E-state index in [2.05, 4.69) is 5.32 Å². The minimum Gasteiger partial charge on any atom is -0.389 e. The molecule has 1 aliphatic rings. The van der Waals surface area contributed by atoms with Crippen LogP contribution in [0.1, 0.15) is 5.56 Å². The van der Waals surface area contributed by atoms with E-state index in [1.807, 2.05) is 28.8 Å². The molecule has 0 radical (unpaired) electrons. The number of anilines is 1. The number of amides is 2. The Morgan fingerprint density at radius 1 is 0.933 bits per heavy atom. The molecule has 30 heavy (non-hydrogen) atoms. The lowest BCUT2D eigenvalue weighted by atomic mass is 10.1. The van der Waals surface area contributed by atoms with Crippen molar-refractivity contribution in [1.82, 2.24) is 9.47 Å². The Bertz CT molecular complexity index is 1230. The maximum Gasteiger partial charge on any atom is 0.322 e. The van der Waals surface area contributed by atoms with Crippen LogP contribution < -0.4 is 5.32 Å². The van der Waals surface area contributed by atoms with Gasteiger partial charge in [0.05, 0.1) is 19.2 Å². The van der Waals surface area contributed by atoms with E-state index in [1.165, 1.54) is 24.3 Å². The molecule has 1 aromatic heterocycles. The van der Waals surface area contributed by atoms with Gasteiger partial charge >= 0.3 is 6.03 Å². The first kappa shape index (κ1) is 18.6. The van der Waals surface area contributed by atoms with Gasteiger partial charge in [0.25, 0.3) is 0 Å². The average molecular weight is 407 g/mol. The number of hydrogen-bond donors (Lipinski definition) is 2. The van der Waals surface area contributed by atoms with Gasteiger partial charge in [0.1, 0.15) is 11.6 Å². The van der Waals surface area contributed by atoms with Gasteiger partial charge in [0.15, 0.2) is 0 Å². The van der Waals surface area contributed by atoms with Crippen LogP contribution in [0.4, 0.5) is 19.3 Å². The maximum atomic E-state index is 13.8. The minimum atomic E-state index is -0.866. The quantitative estimate of drug-likeness (QED) is 0.524. The van der Waals surface area contributed by atoms with Crippen LogP contribution >= 0.6 is 0 Å². The fourth-order valence-electron chi connectivity index (χ4n) is 4.17. The molecule has 2 amide bonds. The standard InChI is InChI=1S/C23H19F2N3O2/c24-15-5-7-21-18(9-15)19-10-16(25)6-8-22(19)28(21)13-17(29)12-27-11-14-3-1-2-4-20(14)26-23(27)30/h1-10,17,29H,11-13H2,(H,26,30). The highest BCUT2D eigenvalue weighted by Crippen LogP contribution is 2.31. The van der Waals surface area contributed by atoms with Crippen molar-refractivity contribution in [3.05, 3.63) is 77.9 Å². The molecule has 1 aliphatic heterocycles. The van der Waals surface area contributed by atoms with Gasteiger partial charge in [-0.05, 0) is 48.0 Å². The normalized spacial score (nSPS) is 14.8. The van der Waals surface area contributed by atoms with E-state index in [1.54, 1.807) is 17.0 Å². The van der Waals surface area contributed by atoms with Crippen LogP contribution in [0, 0.1) is 11.6 Å². The van der Waals surface area contributed by atoms with E-state index in [0.717, 1.165) is 11.3 Å². The van der Waals surface area contributed by atoms with Crippen LogP contribution in [0.2, 0.25) is 0 Å². The van der Waals surface area contributed by atoms with Gasteiger partial charge in [-0.15, -0.1) is 0 Å². The van der Waals surface area contributed by atoms with Crippen LogP contribution in [0.25, 0.3) is 21.8 Å². The Hall–Kier alpha value is -3.45. The molecular formula is C23H19F2N3O2. The molecule has 0 spiro atoms. The fourth-order valence-corrected chi connectivity index (χ4v) is 4.17. The number of fused-ring (bicyclic) bond motifs is 4. The summed E-state index contributed by atoms with van der Waals surface area (Å²) in [6, 6.07) is 16.0. The molecule has 152 valence electrons. The Morgan fingerprint density at radius 3 is 2.23 bits per heavy atom. The number of hydrogen-bond acceptors (Lipinski definition) is 2. The molecule has 5 nitrogen and oxygen atoms in total. The number of β-amino-alcohol motifs (C(OH)–C–C–N with tert-alkyl or cyclic N) is 1. The number of nitrogens with zero attached hydrogens (tertiary/aromatic N) is 2. The number of carbonyl (C=O) groups excluding carboxylic acids is 1. The summed E-state index contributed by atoms with van der Waals surface area (Å²) in [5, 5.41) is 14.8. The number of para-hydroxylation sites is 1. The fraction of sp³-hybridized carbons (Fsp3) is 0.174. The van der Waals surface area contributed by atoms with E-state index >= 15 is 0 Å². The lowest BCUT2D eigenvalue weighted by Crippen LogP contribution is -2.43. The SMILES string of the molecule is O=C1Nc2ccccc2CN1CC(O)Cn1c2ccc(F)cc2c2cc(F)ccc21. The van der Waals surface area contributed by atoms with E-state index in [9.17, 15) is 18.7 Å². The first-order valence-electron chi connectivity index (χ1n) is 9.68. The zero-order chi connectivity index (χ0) is 20.8. The number of rotatable bonds is 4. The molecule has 0 bridgehead atoms. The third kappa shape index (κ3) is 3.17. The summed E-state index contributed by atoms with van der Waals surface area (Å²) in [4.78, 5) is 14.0. The molecule has 5 rings (SSSR count). The molecule has 0 fully saturated rings. The van der Waals surface area contributed by atoms with Gasteiger partial charge in [-0.3, -0.25) is 0 Å². The van der Waals surface area contributed by atoms with E-state index in [4.69, 9.17) is 0 Å². The number of aliphatic hydroxyl groups excluding tert-OH is 1. The molecule has 0 aliphatic carbocycles. The summed E-state index contributed by atoms with van der Waals surface area (Å²) < 4.78 is 29.5. The molecule has 0 saturated heterocycles.